The normalized spacial score (nSPS) is 10.8. The number of carbonyl (C=O) groups is 1. The number of oxazole rings is 1. The van der Waals surface area contributed by atoms with E-state index in [1.807, 2.05) is 24.3 Å². The molecule has 0 aliphatic heterocycles. The highest BCUT2D eigenvalue weighted by Crippen LogP contribution is 2.27. The van der Waals surface area contributed by atoms with Crippen LogP contribution in [0.1, 0.15) is 10.4 Å². The van der Waals surface area contributed by atoms with Gasteiger partial charge in [0, 0.05) is 26.1 Å². The predicted octanol–water partition coefficient (Wildman–Crippen LogP) is 5.51. The quantitative estimate of drug-likeness (QED) is 0.362. The standard InChI is InChI=1S/C19H11BrIN3O2/c20-12-7-11(9-22-10-12)19-24-16-8-13(5-6-17(16)26-19)23-18(25)14-3-1-2-4-15(14)21/h1-10H,(H,23,25). The lowest BCUT2D eigenvalue weighted by atomic mass is 10.2. The third kappa shape index (κ3) is 3.49. The van der Waals surface area contributed by atoms with Crippen molar-refractivity contribution in [1.29, 1.82) is 0 Å². The fraction of sp³-hybridized carbons (Fsp3) is 0. The molecule has 0 saturated heterocycles. The molecule has 2 aromatic carbocycles. The van der Waals surface area contributed by atoms with Crippen molar-refractivity contribution >= 4 is 61.2 Å². The molecule has 0 bridgehead atoms. The van der Waals surface area contributed by atoms with Crippen LogP contribution in [0.4, 0.5) is 5.69 Å². The zero-order chi connectivity index (χ0) is 18.1. The van der Waals surface area contributed by atoms with Gasteiger partial charge in [-0.2, -0.15) is 0 Å². The number of benzene rings is 2. The maximum atomic E-state index is 12.5. The number of carbonyl (C=O) groups excluding carboxylic acids is 1. The Kier molecular flexibility index (Phi) is 4.73. The van der Waals surface area contributed by atoms with E-state index in [1.165, 1.54) is 0 Å². The van der Waals surface area contributed by atoms with E-state index in [0.717, 1.165) is 13.6 Å². The highest BCUT2D eigenvalue weighted by molar-refractivity contribution is 14.1. The van der Waals surface area contributed by atoms with E-state index in [4.69, 9.17) is 4.42 Å². The highest BCUT2D eigenvalue weighted by atomic mass is 127. The Morgan fingerprint density at radius 1 is 1.12 bits per heavy atom. The molecule has 1 amide bonds. The fourth-order valence-electron chi connectivity index (χ4n) is 2.50. The van der Waals surface area contributed by atoms with Crippen LogP contribution in [0.25, 0.3) is 22.6 Å². The molecule has 2 aromatic heterocycles. The van der Waals surface area contributed by atoms with Crippen molar-refractivity contribution in [2.24, 2.45) is 0 Å². The maximum absolute atomic E-state index is 12.5. The Bertz CT molecular complexity index is 1130. The number of halogens is 2. The molecule has 2 heterocycles. The van der Waals surface area contributed by atoms with Crippen molar-refractivity contribution in [3.8, 4) is 11.5 Å². The molecule has 1 N–H and O–H groups in total. The van der Waals surface area contributed by atoms with Gasteiger partial charge in [0.25, 0.3) is 5.91 Å². The molecule has 0 atom stereocenters. The Morgan fingerprint density at radius 2 is 1.96 bits per heavy atom. The largest absolute Gasteiger partial charge is 0.436 e. The van der Waals surface area contributed by atoms with Crippen LogP contribution in [0.5, 0.6) is 0 Å². The van der Waals surface area contributed by atoms with Crippen molar-refractivity contribution in [2.75, 3.05) is 5.32 Å². The maximum Gasteiger partial charge on any atom is 0.256 e. The average Bonchev–Trinajstić information content (AvgIpc) is 3.05. The molecule has 0 aliphatic carbocycles. The first-order valence-electron chi connectivity index (χ1n) is 7.67. The fourth-order valence-corrected chi connectivity index (χ4v) is 3.50. The number of nitrogens with zero attached hydrogens (tertiary/aromatic N) is 2. The number of aromatic nitrogens is 2. The molecule has 0 aliphatic rings. The lowest BCUT2D eigenvalue weighted by Crippen LogP contribution is -2.13. The second kappa shape index (κ2) is 7.16. The van der Waals surface area contributed by atoms with Crippen LogP contribution in [0.2, 0.25) is 0 Å². The minimum absolute atomic E-state index is 0.158. The van der Waals surface area contributed by atoms with Crippen LogP contribution in [-0.2, 0) is 0 Å². The number of hydrogen-bond acceptors (Lipinski definition) is 4. The first kappa shape index (κ1) is 17.2. The number of amides is 1. The van der Waals surface area contributed by atoms with E-state index in [-0.39, 0.29) is 5.91 Å². The van der Waals surface area contributed by atoms with Gasteiger partial charge >= 0.3 is 0 Å². The molecule has 7 heteroatoms. The van der Waals surface area contributed by atoms with Crippen LogP contribution in [-0.4, -0.2) is 15.9 Å². The molecular formula is C19H11BrIN3O2. The number of fused-ring (bicyclic) bond motifs is 1. The number of rotatable bonds is 3. The predicted molar refractivity (Wildman–Crippen MR) is 112 cm³/mol. The Balaban J connectivity index is 1.64. The summed E-state index contributed by atoms with van der Waals surface area (Å²) in [5, 5.41) is 2.90. The van der Waals surface area contributed by atoms with E-state index in [1.54, 1.807) is 36.7 Å². The van der Waals surface area contributed by atoms with Crippen molar-refractivity contribution in [1.82, 2.24) is 9.97 Å². The van der Waals surface area contributed by atoms with Crippen molar-refractivity contribution in [3.63, 3.8) is 0 Å². The minimum Gasteiger partial charge on any atom is -0.436 e. The summed E-state index contributed by atoms with van der Waals surface area (Å²) in [6.07, 6.45) is 3.39. The van der Waals surface area contributed by atoms with E-state index in [9.17, 15) is 4.79 Å². The molecule has 4 rings (SSSR count). The first-order chi connectivity index (χ1) is 12.6. The van der Waals surface area contributed by atoms with Gasteiger partial charge in [0.1, 0.15) is 5.52 Å². The molecule has 0 radical (unpaired) electrons. The Morgan fingerprint density at radius 3 is 2.77 bits per heavy atom. The zero-order valence-electron chi connectivity index (χ0n) is 13.2. The van der Waals surface area contributed by atoms with E-state index in [0.29, 0.717) is 28.2 Å². The number of hydrogen-bond donors (Lipinski definition) is 1. The molecule has 4 aromatic rings. The molecule has 0 unspecified atom stereocenters. The molecule has 0 spiro atoms. The van der Waals surface area contributed by atoms with E-state index < -0.39 is 0 Å². The summed E-state index contributed by atoms with van der Waals surface area (Å²) < 4.78 is 7.53. The van der Waals surface area contributed by atoms with Gasteiger partial charge in [-0.25, -0.2) is 4.98 Å². The third-order valence-electron chi connectivity index (χ3n) is 3.72. The summed E-state index contributed by atoms with van der Waals surface area (Å²) in [6, 6.07) is 14.7. The van der Waals surface area contributed by atoms with Crippen LogP contribution >= 0.6 is 38.5 Å². The topological polar surface area (TPSA) is 68.0 Å². The molecule has 128 valence electrons. The van der Waals surface area contributed by atoms with Crippen LogP contribution < -0.4 is 5.32 Å². The zero-order valence-corrected chi connectivity index (χ0v) is 17.0. The molecular weight excluding hydrogens is 509 g/mol. The van der Waals surface area contributed by atoms with Gasteiger partial charge in [-0.15, -0.1) is 0 Å². The second-order valence-corrected chi connectivity index (χ2v) is 7.61. The molecule has 26 heavy (non-hydrogen) atoms. The van der Waals surface area contributed by atoms with E-state index in [2.05, 4.69) is 53.8 Å². The summed E-state index contributed by atoms with van der Waals surface area (Å²) >= 11 is 5.54. The van der Waals surface area contributed by atoms with Crippen molar-refractivity contribution in [3.05, 3.63) is 74.5 Å². The SMILES string of the molecule is O=C(Nc1ccc2oc(-c3cncc(Br)c3)nc2c1)c1ccccc1I. The van der Waals surface area contributed by atoms with Crippen LogP contribution in [0, 0.1) is 3.57 Å². The average molecular weight is 520 g/mol. The van der Waals surface area contributed by atoms with Gasteiger partial charge in [-0.3, -0.25) is 9.78 Å². The molecule has 0 fully saturated rings. The van der Waals surface area contributed by atoms with Gasteiger partial charge in [0.15, 0.2) is 5.58 Å². The Labute approximate surface area is 171 Å². The number of nitrogens with one attached hydrogen (secondary N) is 1. The molecule has 0 saturated carbocycles. The van der Waals surface area contributed by atoms with Gasteiger partial charge in [-0.05, 0) is 74.9 Å². The smallest absolute Gasteiger partial charge is 0.256 e. The lowest BCUT2D eigenvalue weighted by molar-refractivity contribution is 0.102. The van der Waals surface area contributed by atoms with Crippen molar-refractivity contribution in [2.45, 2.75) is 0 Å². The van der Waals surface area contributed by atoms with Gasteiger partial charge in [0.2, 0.25) is 5.89 Å². The highest BCUT2D eigenvalue weighted by Gasteiger charge is 2.12. The summed E-state index contributed by atoms with van der Waals surface area (Å²) in [5.41, 5.74) is 3.39. The summed E-state index contributed by atoms with van der Waals surface area (Å²) in [7, 11) is 0. The molecule has 5 nitrogen and oxygen atoms in total. The van der Waals surface area contributed by atoms with Crippen molar-refractivity contribution < 1.29 is 9.21 Å². The summed E-state index contributed by atoms with van der Waals surface area (Å²) in [5.74, 6) is 0.323. The van der Waals surface area contributed by atoms with Gasteiger partial charge in [0.05, 0.1) is 11.1 Å². The number of anilines is 1. The Hall–Kier alpha value is -2.26. The summed E-state index contributed by atoms with van der Waals surface area (Å²) in [4.78, 5) is 21.1. The monoisotopic (exact) mass is 519 g/mol. The third-order valence-corrected chi connectivity index (χ3v) is 5.09. The van der Waals surface area contributed by atoms with E-state index >= 15 is 0 Å². The minimum atomic E-state index is -0.158. The second-order valence-electron chi connectivity index (χ2n) is 5.53. The van der Waals surface area contributed by atoms with Crippen LogP contribution in [0.15, 0.2) is 69.8 Å². The lowest BCUT2D eigenvalue weighted by Gasteiger charge is -2.06. The van der Waals surface area contributed by atoms with Gasteiger partial charge in [-0.1, -0.05) is 12.1 Å². The number of pyridine rings is 1. The first-order valence-corrected chi connectivity index (χ1v) is 9.55. The van der Waals surface area contributed by atoms with Gasteiger partial charge < -0.3 is 9.73 Å². The van der Waals surface area contributed by atoms with Crippen LogP contribution in [0.3, 0.4) is 0 Å². The summed E-state index contributed by atoms with van der Waals surface area (Å²) in [6.45, 7) is 0.